The minimum Gasteiger partial charge on any atom is -0.352 e. The van der Waals surface area contributed by atoms with Crippen molar-refractivity contribution >= 4 is 29.0 Å². The second-order valence-corrected chi connectivity index (χ2v) is 10.3. The van der Waals surface area contributed by atoms with Crippen LogP contribution < -0.4 is 5.32 Å². The van der Waals surface area contributed by atoms with Crippen LogP contribution in [0.5, 0.6) is 0 Å². The summed E-state index contributed by atoms with van der Waals surface area (Å²) in [5.74, 6) is 2.28. The molecule has 2 aliphatic rings. The highest BCUT2D eigenvalue weighted by Crippen LogP contribution is 2.42. The summed E-state index contributed by atoms with van der Waals surface area (Å²) in [5.41, 5.74) is 0. The topological polar surface area (TPSA) is 59.8 Å². The lowest BCUT2D eigenvalue weighted by atomic mass is 9.78. The van der Waals surface area contributed by atoms with Crippen LogP contribution in [0, 0.1) is 11.8 Å². The van der Waals surface area contributed by atoms with E-state index < -0.39 is 0 Å². The van der Waals surface area contributed by atoms with Crippen LogP contribution in [-0.4, -0.2) is 32.0 Å². The molecule has 2 fully saturated rings. The van der Waals surface area contributed by atoms with Crippen LogP contribution in [-0.2, 0) is 4.79 Å². The van der Waals surface area contributed by atoms with Gasteiger partial charge in [-0.3, -0.25) is 9.36 Å². The molecule has 2 aromatic heterocycles. The van der Waals surface area contributed by atoms with Gasteiger partial charge in [-0.05, 0) is 49.5 Å². The Morgan fingerprint density at radius 1 is 1.30 bits per heavy atom. The number of amides is 1. The minimum absolute atomic E-state index is 0.119. The summed E-state index contributed by atoms with van der Waals surface area (Å²) in [6.45, 7) is 6.54. The molecule has 2 saturated carbocycles. The van der Waals surface area contributed by atoms with Crippen molar-refractivity contribution in [2.24, 2.45) is 11.8 Å². The Labute approximate surface area is 169 Å². The van der Waals surface area contributed by atoms with Crippen LogP contribution in [0.25, 0.3) is 10.7 Å². The van der Waals surface area contributed by atoms with Gasteiger partial charge in [0, 0.05) is 12.1 Å². The van der Waals surface area contributed by atoms with Crippen LogP contribution in [0.2, 0.25) is 0 Å². The SMILES string of the molecule is C[C@H]1[C@@H](NC(=O)[C@@H](C)Sc2nnc(-c3cccs3)n2C2CC2)CCC[C@@H]1C. The van der Waals surface area contributed by atoms with Gasteiger partial charge in [0.15, 0.2) is 11.0 Å². The number of carbonyl (C=O) groups is 1. The van der Waals surface area contributed by atoms with Crippen LogP contribution in [0.15, 0.2) is 22.7 Å². The standard InChI is InChI=1S/C20H28N4OS2/c1-12-6-4-7-16(13(12)2)21-19(25)14(3)27-20-23-22-18(17-8-5-11-26-17)24(20)15-9-10-15/h5,8,11-16H,4,6-7,9-10H2,1-3H3,(H,21,25)/t12-,13+,14+,16-/m0/s1. The molecule has 0 saturated heterocycles. The lowest BCUT2D eigenvalue weighted by Gasteiger charge is -2.35. The predicted molar refractivity (Wildman–Crippen MR) is 111 cm³/mol. The zero-order valence-electron chi connectivity index (χ0n) is 16.2. The summed E-state index contributed by atoms with van der Waals surface area (Å²) in [5, 5.41) is 14.9. The summed E-state index contributed by atoms with van der Waals surface area (Å²) in [7, 11) is 0. The molecule has 2 heterocycles. The predicted octanol–water partition coefficient (Wildman–Crippen LogP) is 4.76. The van der Waals surface area contributed by atoms with Crippen molar-refractivity contribution in [3.05, 3.63) is 17.5 Å². The molecule has 1 N–H and O–H groups in total. The van der Waals surface area contributed by atoms with Crippen molar-refractivity contribution in [2.75, 3.05) is 0 Å². The van der Waals surface area contributed by atoms with E-state index >= 15 is 0 Å². The molecule has 7 heteroatoms. The largest absolute Gasteiger partial charge is 0.352 e. The number of hydrogen-bond acceptors (Lipinski definition) is 5. The molecule has 0 radical (unpaired) electrons. The summed E-state index contributed by atoms with van der Waals surface area (Å²) in [6.07, 6.45) is 5.91. The zero-order chi connectivity index (χ0) is 19.0. The molecule has 0 spiro atoms. The van der Waals surface area contributed by atoms with Crippen molar-refractivity contribution in [1.82, 2.24) is 20.1 Å². The summed E-state index contributed by atoms with van der Waals surface area (Å²) >= 11 is 3.22. The van der Waals surface area contributed by atoms with Gasteiger partial charge in [0.25, 0.3) is 0 Å². The number of nitrogens with zero attached hydrogens (tertiary/aromatic N) is 3. The Balaban J connectivity index is 1.45. The molecular weight excluding hydrogens is 376 g/mol. The zero-order valence-corrected chi connectivity index (χ0v) is 17.9. The lowest BCUT2D eigenvalue weighted by Crippen LogP contribution is -2.46. The van der Waals surface area contributed by atoms with Crippen molar-refractivity contribution < 1.29 is 4.79 Å². The first-order chi connectivity index (χ1) is 13.0. The molecule has 5 nitrogen and oxygen atoms in total. The Morgan fingerprint density at radius 3 is 2.81 bits per heavy atom. The molecule has 27 heavy (non-hydrogen) atoms. The summed E-state index contributed by atoms with van der Waals surface area (Å²) in [6, 6.07) is 4.91. The third kappa shape index (κ3) is 4.09. The van der Waals surface area contributed by atoms with Crippen molar-refractivity contribution in [3.63, 3.8) is 0 Å². The van der Waals surface area contributed by atoms with Gasteiger partial charge >= 0.3 is 0 Å². The van der Waals surface area contributed by atoms with Crippen LogP contribution in [0.1, 0.15) is 58.9 Å². The second kappa shape index (κ2) is 7.95. The number of carbonyl (C=O) groups excluding carboxylic acids is 1. The molecule has 2 aliphatic carbocycles. The van der Waals surface area contributed by atoms with E-state index in [9.17, 15) is 4.79 Å². The first-order valence-corrected chi connectivity index (χ1v) is 11.8. The van der Waals surface area contributed by atoms with Gasteiger partial charge in [0.2, 0.25) is 5.91 Å². The highest BCUT2D eigenvalue weighted by atomic mass is 32.2. The Kier molecular flexibility index (Phi) is 5.60. The van der Waals surface area contributed by atoms with Crippen molar-refractivity contribution in [2.45, 2.75) is 75.4 Å². The van der Waals surface area contributed by atoms with Crippen molar-refractivity contribution in [3.8, 4) is 10.7 Å². The second-order valence-electron chi connectivity index (χ2n) is 8.03. The van der Waals surface area contributed by atoms with E-state index in [0.717, 1.165) is 22.3 Å². The van der Waals surface area contributed by atoms with E-state index in [1.165, 1.54) is 37.4 Å². The first kappa shape index (κ1) is 19.0. The molecule has 146 valence electrons. The Hall–Kier alpha value is -1.34. The number of hydrogen-bond donors (Lipinski definition) is 1. The molecule has 2 aromatic rings. The monoisotopic (exact) mass is 404 g/mol. The first-order valence-electron chi connectivity index (χ1n) is 10.0. The van der Waals surface area contributed by atoms with Gasteiger partial charge in [-0.1, -0.05) is 44.5 Å². The highest BCUT2D eigenvalue weighted by molar-refractivity contribution is 8.00. The molecular formula is C20H28N4OS2. The number of nitrogens with one attached hydrogen (secondary N) is 1. The lowest BCUT2D eigenvalue weighted by molar-refractivity contribution is -0.121. The van der Waals surface area contributed by atoms with E-state index in [0.29, 0.717) is 23.9 Å². The number of aromatic nitrogens is 3. The van der Waals surface area contributed by atoms with E-state index in [2.05, 4.69) is 45.4 Å². The van der Waals surface area contributed by atoms with Gasteiger partial charge in [-0.25, -0.2) is 0 Å². The highest BCUT2D eigenvalue weighted by Gasteiger charge is 2.33. The van der Waals surface area contributed by atoms with Gasteiger partial charge in [0.05, 0.1) is 10.1 Å². The third-order valence-electron chi connectivity index (χ3n) is 6.00. The number of rotatable bonds is 6. The average molecular weight is 405 g/mol. The quantitative estimate of drug-likeness (QED) is 0.705. The third-order valence-corrected chi connectivity index (χ3v) is 7.93. The summed E-state index contributed by atoms with van der Waals surface area (Å²) in [4.78, 5) is 14.0. The number of thiophene rings is 1. The van der Waals surface area contributed by atoms with Gasteiger partial charge < -0.3 is 5.32 Å². The fraction of sp³-hybridized carbons (Fsp3) is 0.650. The molecule has 4 atom stereocenters. The van der Waals surface area contributed by atoms with E-state index in [-0.39, 0.29) is 11.2 Å². The molecule has 0 aromatic carbocycles. The van der Waals surface area contributed by atoms with Crippen LogP contribution >= 0.6 is 23.1 Å². The average Bonchev–Trinajstić information content (AvgIpc) is 3.17. The minimum atomic E-state index is -0.174. The van der Waals surface area contributed by atoms with Crippen LogP contribution in [0.3, 0.4) is 0 Å². The molecule has 4 rings (SSSR count). The Morgan fingerprint density at radius 2 is 2.11 bits per heavy atom. The van der Waals surface area contributed by atoms with E-state index in [4.69, 9.17) is 0 Å². The maximum absolute atomic E-state index is 12.8. The molecule has 0 unspecified atom stereocenters. The normalized spacial score (nSPS) is 26.7. The maximum atomic E-state index is 12.8. The van der Waals surface area contributed by atoms with Crippen molar-refractivity contribution in [1.29, 1.82) is 0 Å². The fourth-order valence-electron chi connectivity index (χ4n) is 3.89. The molecule has 1 amide bonds. The summed E-state index contributed by atoms with van der Waals surface area (Å²) < 4.78 is 2.24. The van der Waals surface area contributed by atoms with Gasteiger partial charge in [-0.15, -0.1) is 21.5 Å². The maximum Gasteiger partial charge on any atom is 0.233 e. The fourth-order valence-corrected chi connectivity index (χ4v) is 5.52. The van der Waals surface area contributed by atoms with Gasteiger partial charge in [0.1, 0.15) is 0 Å². The van der Waals surface area contributed by atoms with Gasteiger partial charge in [-0.2, -0.15) is 0 Å². The van der Waals surface area contributed by atoms with E-state index in [1.807, 2.05) is 13.0 Å². The molecule has 0 aliphatic heterocycles. The molecule has 0 bridgehead atoms. The van der Waals surface area contributed by atoms with E-state index in [1.54, 1.807) is 11.3 Å². The smallest absolute Gasteiger partial charge is 0.233 e. The van der Waals surface area contributed by atoms with Crippen LogP contribution in [0.4, 0.5) is 0 Å². The number of thioether (sulfide) groups is 1. The Bertz CT molecular complexity index is 784.